The Bertz CT molecular complexity index is 743. The number of carboxylic acid groups (broad SMARTS) is 1. The first kappa shape index (κ1) is 18.6. The number of thioether (sulfide) groups is 1. The van der Waals surface area contributed by atoms with Gasteiger partial charge in [-0.3, -0.25) is 9.59 Å². The minimum Gasteiger partial charge on any atom is -0.480 e. The third kappa shape index (κ3) is 3.82. The Morgan fingerprint density at radius 3 is 2.25 bits per heavy atom. The lowest BCUT2D eigenvalue weighted by Crippen LogP contribution is -2.33. The number of benzene rings is 2. The number of carbonyl (C=O) groups is 2. The lowest BCUT2D eigenvalue weighted by Gasteiger charge is -2.28. The summed E-state index contributed by atoms with van der Waals surface area (Å²) in [4.78, 5) is 23.6. The average Bonchev–Trinajstić information content (AvgIpc) is 2.54. The zero-order valence-corrected chi connectivity index (χ0v) is 15.2. The molecular weight excluding hydrogens is 344 g/mol. The second kappa shape index (κ2) is 7.86. The molecule has 0 aliphatic heterocycles. The van der Waals surface area contributed by atoms with E-state index in [1.807, 2.05) is 43.3 Å². The average molecular weight is 363 g/mol. The van der Waals surface area contributed by atoms with Crippen LogP contribution in [0.25, 0.3) is 11.1 Å². The standard InChI is InChI=1S/C19H19ClO3S/c1-3-12-19(18(22)23,24-13(2)21)15-10-8-14(9-11-15)16-6-4-5-7-17(16)20/h4-11H,3,12H2,1-2H3,(H,22,23). The van der Waals surface area contributed by atoms with E-state index in [9.17, 15) is 14.7 Å². The number of carbonyl (C=O) groups excluding carboxylic acids is 1. The van der Waals surface area contributed by atoms with Crippen LogP contribution in [0.2, 0.25) is 5.02 Å². The van der Waals surface area contributed by atoms with Crippen molar-refractivity contribution in [2.24, 2.45) is 0 Å². The maximum atomic E-state index is 12.0. The fourth-order valence-corrected chi connectivity index (χ4v) is 4.12. The topological polar surface area (TPSA) is 54.4 Å². The second-order valence-corrected chi connectivity index (χ2v) is 7.42. The first-order valence-corrected chi connectivity index (χ1v) is 8.88. The Hall–Kier alpha value is -1.78. The van der Waals surface area contributed by atoms with Gasteiger partial charge in [0.1, 0.15) is 4.75 Å². The van der Waals surface area contributed by atoms with Crippen LogP contribution < -0.4 is 0 Å². The van der Waals surface area contributed by atoms with Crippen molar-refractivity contribution in [1.82, 2.24) is 0 Å². The minimum atomic E-state index is -1.25. The van der Waals surface area contributed by atoms with E-state index in [0.717, 1.165) is 22.9 Å². The van der Waals surface area contributed by atoms with E-state index < -0.39 is 10.7 Å². The van der Waals surface area contributed by atoms with Crippen molar-refractivity contribution >= 4 is 34.4 Å². The predicted molar refractivity (Wildman–Crippen MR) is 99.4 cm³/mol. The van der Waals surface area contributed by atoms with Gasteiger partial charge in [-0.1, -0.05) is 79.2 Å². The molecule has 0 saturated carbocycles. The summed E-state index contributed by atoms with van der Waals surface area (Å²) in [7, 11) is 0. The number of halogens is 1. The summed E-state index contributed by atoms with van der Waals surface area (Å²) in [6.45, 7) is 3.31. The lowest BCUT2D eigenvalue weighted by atomic mass is 9.91. The van der Waals surface area contributed by atoms with E-state index in [1.54, 1.807) is 12.1 Å². The van der Waals surface area contributed by atoms with Crippen molar-refractivity contribution in [2.45, 2.75) is 31.4 Å². The van der Waals surface area contributed by atoms with E-state index >= 15 is 0 Å². The molecule has 0 aliphatic rings. The highest BCUT2D eigenvalue weighted by molar-refractivity contribution is 8.14. The van der Waals surface area contributed by atoms with Crippen molar-refractivity contribution in [3.8, 4) is 11.1 Å². The van der Waals surface area contributed by atoms with Crippen LogP contribution in [-0.2, 0) is 14.3 Å². The number of hydrogen-bond acceptors (Lipinski definition) is 3. The van der Waals surface area contributed by atoms with Gasteiger partial charge >= 0.3 is 5.97 Å². The second-order valence-electron chi connectivity index (χ2n) is 5.53. The summed E-state index contributed by atoms with van der Waals surface area (Å²) in [5.74, 6) is -0.991. The summed E-state index contributed by atoms with van der Waals surface area (Å²) < 4.78 is -1.25. The van der Waals surface area contributed by atoms with Gasteiger partial charge in [-0.2, -0.15) is 0 Å². The molecule has 0 radical (unpaired) electrons. The zero-order valence-electron chi connectivity index (χ0n) is 13.6. The van der Waals surface area contributed by atoms with Gasteiger partial charge in [0.2, 0.25) is 0 Å². The fourth-order valence-electron chi connectivity index (χ4n) is 2.74. The van der Waals surface area contributed by atoms with Crippen molar-refractivity contribution in [1.29, 1.82) is 0 Å². The van der Waals surface area contributed by atoms with Gasteiger partial charge in [-0.15, -0.1) is 0 Å². The molecule has 2 aromatic carbocycles. The molecule has 2 rings (SSSR count). The molecule has 0 spiro atoms. The summed E-state index contributed by atoms with van der Waals surface area (Å²) in [6.07, 6.45) is 1.05. The SMILES string of the molecule is CCCC(SC(C)=O)(C(=O)O)c1ccc(-c2ccccc2Cl)cc1. The van der Waals surface area contributed by atoms with Gasteiger partial charge in [0.15, 0.2) is 5.12 Å². The number of rotatable bonds is 6. The summed E-state index contributed by atoms with van der Waals surface area (Å²) >= 11 is 7.09. The summed E-state index contributed by atoms with van der Waals surface area (Å²) in [5.41, 5.74) is 2.42. The summed E-state index contributed by atoms with van der Waals surface area (Å²) in [6, 6.07) is 14.7. The number of aliphatic carboxylic acids is 1. The molecule has 126 valence electrons. The van der Waals surface area contributed by atoms with Crippen LogP contribution >= 0.6 is 23.4 Å². The van der Waals surface area contributed by atoms with Gasteiger partial charge in [-0.25, -0.2) is 0 Å². The molecule has 1 unspecified atom stereocenters. The third-order valence-corrected chi connectivity index (χ3v) is 5.38. The van der Waals surface area contributed by atoms with Gasteiger partial charge in [0.25, 0.3) is 0 Å². The lowest BCUT2D eigenvalue weighted by molar-refractivity contribution is -0.140. The van der Waals surface area contributed by atoms with E-state index in [0.29, 0.717) is 23.4 Å². The monoisotopic (exact) mass is 362 g/mol. The molecule has 0 saturated heterocycles. The Morgan fingerprint density at radius 1 is 1.12 bits per heavy atom. The summed E-state index contributed by atoms with van der Waals surface area (Å²) in [5, 5.41) is 10.2. The molecule has 3 nitrogen and oxygen atoms in total. The van der Waals surface area contributed by atoms with Crippen molar-refractivity contribution in [2.75, 3.05) is 0 Å². The fraction of sp³-hybridized carbons (Fsp3) is 0.263. The van der Waals surface area contributed by atoms with Crippen LogP contribution in [0.5, 0.6) is 0 Å². The molecule has 1 atom stereocenters. The van der Waals surface area contributed by atoms with Gasteiger partial charge < -0.3 is 5.11 Å². The Kier molecular flexibility index (Phi) is 6.08. The van der Waals surface area contributed by atoms with Crippen LogP contribution in [0.15, 0.2) is 48.5 Å². The normalized spacial score (nSPS) is 13.3. The highest BCUT2D eigenvalue weighted by Crippen LogP contribution is 2.42. The van der Waals surface area contributed by atoms with Crippen LogP contribution in [-0.4, -0.2) is 16.2 Å². The molecule has 1 N–H and O–H groups in total. The van der Waals surface area contributed by atoms with Crippen molar-refractivity contribution in [3.05, 3.63) is 59.1 Å². The van der Waals surface area contributed by atoms with E-state index in [2.05, 4.69) is 0 Å². The van der Waals surface area contributed by atoms with Crippen LogP contribution in [0.1, 0.15) is 32.3 Å². The molecule has 0 aromatic heterocycles. The molecule has 0 amide bonds. The highest BCUT2D eigenvalue weighted by atomic mass is 35.5. The minimum absolute atomic E-state index is 0.207. The molecule has 0 heterocycles. The quantitative estimate of drug-likeness (QED) is 0.750. The zero-order chi connectivity index (χ0) is 17.7. The highest BCUT2D eigenvalue weighted by Gasteiger charge is 2.41. The largest absolute Gasteiger partial charge is 0.480 e. The van der Waals surface area contributed by atoms with E-state index in [-0.39, 0.29) is 5.12 Å². The first-order chi connectivity index (χ1) is 11.4. The molecule has 2 aromatic rings. The van der Waals surface area contributed by atoms with Gasteiger partial charge in [0, 0.05) is 17.5 Å². The van der Waals surface area contributed by atoms with Crippen molar-refractivity contribution < 1.29 is 14.7 Å². The molecule has 24 heavy (non-hydrogen) atoms. The maximum Gasteiger partial charge on any atom is 0.324 e. The van der Waals surface area contributed by atoms with Gasteiger partial charge in [0.05, 0.1) is 0 Å². The predicted octanol–water partition coefficient (Wildman–Crippen LogP) is 5.37. The molecule has 5 heteroatoms. The number of carboxylic acids is 1. The van der Waals surface area contributed by atoms with Gasteiger partial charge in [-0.05, 0) is 23.6 Å². The Morgan fingerprint density at radius 2 is 1.75 bits per heavy atom. The third-order valence-electron chi connectivity index (χ3n) is 3.80. The van der Waals surface area contributed by atoms with Crippen LogP contribution in [0, 0.1) is 0 Å². The van der Waals surface area contributed by atoms with E-state index in [4.69, 9.17) is 11.6 Å². The molecule has 0 bridgehead atoms. The molecule has 0 fully saturated rings. The molecular formula is C19H19ClO3S. The smallest absolute Gasteiger partial charge is 0.324 e. The molecule has 0 aliphatic carbocycles. The first-order valence-electron chi connectivity index (χ1n) is 7.69. The van der Waals surface area contributed by atoms with Crippen LogP contribution in [0.3, 0.4) is 0 Å². The van der Waals surface area contributed by atoms with E-state index in [1.165, 1.54) is 6.92 Å². The maximum absolute atomic E-state index is 12.0. The van der Waals surface area contributed by atoms with Crippen LogP contribution in [0.4, 0.5) is 0 Å². The Labute approximate surface area is 151 Å². The van der Waals surface area contributed by atoms with Crippen molar-refractivity contribution in [3.63, 3.8) is 0 Å². The Balaban J connectivity index is 2.47. The number of hydrogen-bond donors (Lipinski definition) is 1.